The molecule has 1 N–H and O–H groups in total. The van der Waals surface area contributed by atoms with E-state index in [1.807, 2.05) is 56.3 Å². The van der Waals surface area contributed by atoms with Crippen molar-refractivity contribution >= 4 is 11.8 Å². The predicted octanol–water partition coefficient (Wildman–Crippen LogP) is 4.56. The summed E-state index contributed by atoms with van der Waals surface area (Å²) in [4.78, 5) is 27.9. The van der Waals surface area contributed by atoms with Crippen LogP contribution in [0.15, 0.2) is 42.5 Å². The van der Waals surface area contributed by atoms with Gasteiger partial charge in [0.2, 0.25) is 5.91 Å². The summed E-state index contributed by atoms with van der Waals surface area (Å²) in [7, 11) is 1.62. The second-order valence-corrected chi connectivity index (χ2v) is 8.88. The minimum Gasteiger partial charge on any atom is -0.497 e. The van der Waals surface area contributed by atoms with Gasteiger partial charge in [0.05, 0.1) is 7.11 Å². The topological polar surface area (TPSA) is 67.9 Å². The van der Waals surface area contributed by atoms with Crippen LogP contribution >= 0.6 is 0 Å². The second-order valence-electron chi connectivity index (χ2n) is 8.88. The molecule has 178 valence electrons. The summed E-state index contributed by atoms with van der Waals surface area (Å²) in [6.45, 7) is 5.97. The van der Waals surface area contributed by atoms with Crippen LogP contribution in [-0.4, -0.2) is 42.5 Å². The van der Waals surface area contributed by atoms with E-state index in [4.69, 9.17) is 9.47 Å². The SMILES string of the molecule is COc1ccc(CN(C(=O)COc2cccc(C)c2C)[C@@H](C)C(=O)NC2CCCCC2)cc1. The zero-order valence-corrected chi connectivity index (χ0v) is 20.2. The number of rotatable bonds is 9. The molecule has 0 saturated heterocycles. The van der Waals surface area contributed by atoms with E-state index in [0.29, 0.717) is 12.3 Å². The van der Waals surface area contributed by atoms with E-state index in [1.165, 1.54) is 6.42 Å². The largest absolute Gasteiger partial charge is 0.497 e. The number of carbonyl (C=O) groups is 2. The highest BCUT2D eigenvalue weighted by Crippen LogP contribution is 2.22. The third kappa shape index (κ3) is 6.73. The van der Waals surface area contributed by atoms with Crippen LogP contribution in [0.4, 0.5) is 0 Å². The number of ether oxygens (including phenoxy) is 2. The molecule has 6 nitrogen and oxygen atoms in total. The first-order chi connectivity index (χ1) is 15.9. The number of hydrogen-bond acceptors (Lipinski definition) is 4. The lowest BCUT2D eigenvalue weighted by atomic mass is 9.95. The number of nitrogens with one attached hydrogen (secondary N) is 1. The van der Waals surface area contributed by atoms with Crippen molar-refractivity contribution in [3.05, 3.63) is 59.2 Å². The monoisotopic (exact) mass is 452 g/mol. The summed E-state index contributed by atoms with van der Waals surface area (Å²) in [6.07, 6.45) is 5.50. The lowest BCUT2D eigenvalue weighted by molar-refractivity contribution is -0.142. The van der Waals surface area contributed by atoms with Crippen molar-refractivity contribution in [2.24, 2.45) is 0 Å². The predicted molar refractivity (Wildman–Crippen MR) is 129 cm³/mol. The molecule has 0 unspecified atom stereocenters. The van der Waals surface area contributed by atoms with Crippen molar-refractivity contribution in [1.82, 2.24) is 10.2 Å². The van der Waals surface area contributed by atoms with Crippen LogP contribution < -0.4 is 14.8 Å². The molecule has 1 fully saturated rings. The normalized spacial score (nSPS) is 14.9. The molecule has 6 heteroatoms. The van der Waals surface area contributed by atoms with Crippen LogP contribution in [0.2, 0.25) is 0 Å². The molecule has 0 spiro atoms. The highest BCUT2D eigenvalue weighted by atomic mass is 16.5. The Labute approximate surface area is 197 Å². The fourth-order valence-corrected chi connectivity index (χ4v) is 4.18. The van der Waals surface area contributed by atoms with Crippen LogP contribution in [0.1, 0.15) is 55.7 Å². The zero-order chi connectivity index (χ0) is 23.8. The molecule has 3 rings (SSSR count). The quantitative estimate of drug-likeness (QED) is 0.606. The van der Waals surface area contributed by atoms with Crippen LogP contribution in [0.25, 0.3) is 0 Å². The van der Waals surface area contributed by atoms with Crippen LogP contribution in [0.5, 0.6) is 11.5 Å². The average Bonchev–Trinajstić information content (AvgIpc) is 2.83. The van der Waals surface area contributed by atoms with E-state index in [1.54, 1.807) is 18.9 Å². The number of aryl methyl sites for hydroxylation is 1. The zero-order valence-electron chi connectivity index (χ0n) is 20.2. The van der Waals surface area contributed by atoms with E-state index in [0.717, 1.165) is 48.1 Å². The Bertz CT molecular complexity index is 936. The summed E-state index contributed by atoms with van der Waals surface area (Å²) in [5.74, 6) is 1.10. The lowest BCUT2D eigenvalue weighted by Crippen LogP contribution is -2.51. The van der Waals surface area contributed by atoms with Gasteiger partial charge in [-0.15, -0.1) is 0 Å². The number of benzene rings is 2. The summed E-state index contributed by atoms with van der Waals surface area (Å²) >= 11 is 0. The highest BCUT2D eigenvalue weighted by Gasteiger charge is 2.28. The van der Waals surface area contributed by atoms with Gasteiger partial charge in [0.25, 0.3) is 5.91 Å². The Morgan fingerprint density at radius 2 is 1.76 bits per heavy atom. The molecule has 0 bridgehead atoms. The van der Waals surface area contributed by atoms with E-state index in [-0.39, 0.29) is 24.5 Å². The Hall–Kier alpha value is -3.02. The number of carbonyl (C=O) groups excluding carboxylic acids is 2. The maximum atomic E-state index is 13.3. The van der Waals surface area contributed by atoms with Gasteiger partial charge in [-0.05, 0) is 68.5 Å². The molecule has 2 aromatic carbocycles. The van der Waals surface area contributed by atoms with E-state index >= 15 is 0 Å². The van der Waals surface area contributed by atoms with Crippen molar-refractivity contribution in [2.75, 3.05) is 13.7 Å². The molecule has 1 aliphatic rings. The van der Waals surface area contributed by atoms with Crippen LogP contribution in [0.3, 0.4) is 0 Å². The smallest absolute Gasteiger partial charge is 0.261 e. The molecule has 0 heterocycles. The summed E-state index contributed by atoms with van der Waals surface area (Å²) in [6, 6.07) is 12.9. The first kappa shape index (κ1) is 24.6. The van der Waals surface area contributed by atoms with Crippen molar-refractivity contribution in [2.45, 2.75) is 71.5 Å². The summed E-state index contributed by atoms with van der Waals surface area (Å²) in [5, 5.41) is 3.15. The molecule has 1 saturated carbocycles. The van der Waals surface area contributed by atoms with Gasteiger partial charge in [0.15, 0.2) is 6.61 Å². The van der Waals surface area contributed by atoms with Gasteiger partial charge in [-0.25, -0.2) is 0 Å². The first-order valence-electron chi connectivity index (χ1n) is 11.8. The highest BCUT2D eigenvalue weighted by molar-refractivity contribution is 5.88. The number of methoxy groups -OCH3 is 1. The molecule has 1 atom stereocenters. The molecular weight excluding hydrogens is 416 g/mol. The van der Waals surface area contributed by atoms with Crippen molar-refractivity contribution < 1.29 is 19.1 Å². The maximum Gasteiger partial charge on any atom is 0.261 e. The lowest BCUT2D eigenvalue weighted by Gasteiger charge is -2.31. The minimum atomic E-state index is -0.608. The second kappa shape index (κ2) is 11.7. The van der Waals surface area contributed by atoms with Gasteiger partial charge >= 0.3 is 0 Å². The number of nitrogens with zero attached hydrogens (tertiary/aromatic N) is 1. The third-order valence-electron chi connectivity index (χ3n) is 6.54. The molecule has 1 aliphatic carbocycles. The fraction of sp³-hybridized carbons (Fsp3) is 0.481. The average molecular weight is 453 g/mol. The van der Waals surface area contributed by atoms with Crippen molar-refractivity contribution in [1.29, 1.82) is 0 Å². The maximum absolute atomic E-state index is 13.3. The third-order valence-corrected chi connectivity index (χ3v) is 6.54. The first-order valence-corrected chi connectivity index (χ1v) is 11.8. The fourth-order valence-electron chi connectivity index (χ4n) is 4.18. The molecule has 0 aliphatic heterocycles. The van der Waals surface area contributed by atoms with Crippen molar-refractivity contribution in [3.8, 4) is 11.5 Å². The Balaban J connectivity index is 1.73. The molecule has 33 heavy (non-hydrogen) atoms. The van der Waals surface area contributed by atoms with E-state index in [2.05, 4.69) is 5.32 Å². The van der Waals surface area contributed by atoms with Crippen LogP contribution in [0, 0.1) is 13.8 Å². The van der Waals surface area contributed by atoms with Gasteiger partial charge in [-0.1, -0.05) is 43.5 Å². The molecular formula is C27H36N2O4. The van der Waals surface area contributed by atoms with Gasteiger partial charge in [-0.2, -0.15) is 0 Å². The van der Waals surface area contributed by atoms with Gasteiger partial charge < -0.3 is 19.7 Å². The Morgan fingerprint density at radius 1 is 1.06 bits per heavy atom. The summed E-state index contributed by atoms with van der Waals surface area (Å²) in [5.41, 5.74) is 3.04. The molecule has 0 aromatic heterocycles. The number of amides is 2. The number of hydrogen-bond donors (Lipinski definition) is 1. The Kier molecular flexibility index (Phi) is 8.75. The minimum absolute atomic E-state index is 0.115. The van der Waals surface area contributed by atoms with Crippen LogP contribution in [-0.2, 0) is 16.1 Å². The summed E-state index contributed by atoms with van der Waals surface area (Å²) < 4.78 is 11.1. The van der Waals surface area contributed by atoms with E-state index < -0.39 is 6.04 Å². The van der Waals surface area contributed by atoms with E-state index in [9.17, 15) is 9.59 Å². The molecule has 2 aromatic rings. The van der Waals surface area contributed by atoms with Crippen molar-refractivity contribution in [3.63, 3.8) is 0 Å². The Morgan fingerprint density at radius 3 is 2.42 bits per heavy atom. The van der Waals surface area contributed by atoms with Gasteiger partial charge in [0.1, 0.15) is 17.5 Å². The molecule has 0 radical (unpaired) electrons. The van der Waals surface area contributed by atoms with Gasteiger partial charge in [-0.3, -0.25) is 9.59 Å². The van der Waals surface area contributed by atoms with Gasteiger partial charge in [0, 0.05) is 12.6 Å². The standard InChI is InChI=1S/C27H36N2O4/c1-19-9-8-12-25(20(19)2)33-18-26(30)29(17-22-13-15-24(32-4)16-14-22)21(3)27(31)28-23-10-6-5-7-11-23/h8-9,12-16,21,23H,5-7,10-11,17-18H2,1-4H3,(H,28,31)/t21-/m0/s1. The molecule has 2 amide bonds.